The summed E-state index contributed by atoms with van der Waals surface area (Å²) in [6, 6.07) is 0.515. The van der Waals surface area contributed by atoms with Crippen LogP contribution in [0.25, 0.3) is 0 Å². The zero-order valence-corrected chi connectivity index (χ0v) is 15.0. The van der Waals surface area contributed by atoms with Crippen molar-refractivity contribution in [1.82, 2.24) is 19.4 Å². The normalized spacial score (nSPS) is 22.2. The molecule has 134 valence electrons. The minimum absolute atomic E-state index is 0.363. The number of likely N-dealkylation sites (tertiary alicyclic amines) is 1. The van der Waals surface area contributed by atoms with E-state index >= 15 is 0 Å². The maximum absolute atomic E-state index is 12.3. The predicted molar refractivity (Wildman–Crippen MR) is 92.5 cm³/mol. The lowest BCUT2D eigenvalue weighted by atomic mass is 10.1. The van der Waals surface area contributed by atoms with Crippen molar-refractivity contribution in [2.24, 2.45) is 5.92 Å². The maximum atomic E-state index is 12.3. The molecule has 6 nitrogen and oxygen atoms in total. The Morgan fingerprint density at radius 3 is 2.92 bits per heavy atom. The third-order valence-corrected chi connectivity index (χ3v) is 5.32. The van der Waals surface area contributed by atoms with Gasteiger partial charge in [0.2, 0.25) is 5.91 Å². The summed E-state index contributed by atoms with van der Waals surface area (Å²) in [5.41, 5.74) is 0. The van der Waals surface area contributed by atoms with Crippen LogP contribution in [0, 0.1) is 5.92 Å². The van der Waals surface area contributed by atoms with E-state index in [0.29, 0.717) is 30.9 Å². The quantitative estimate of drug-likeness (QED) is 0.727. The van der Waals surface area contributed by atoms with Gasteiger partial charge in [-0.25, -0.2) is 4.98 Å². The van der Waals surface area contributed by atoms with Crippen LogP contribution in [-0.2, 0) is 22.6 Å². The molecule has 2 aliphatic rings. The first kappa shape index (κ1) is 17.4. The number of imidazole rings is 1. The molecule has 1 aromatic rings. The van der Waals surface area contributed by atoms with Crippen LogP contribution in [0.4, 0.5) is 0 Å². The molecule has 1 aliphatic carbocycles. The fourth-order valence-electron chi connectivity index (χ4n) is 4.13. The molecular formula is C18H30N4O2. The summed E-state index contributed by atoms with van der Waals surface area (Å²) in [6.45, 7) is 4.22. The fraction of sp³-hybridized carbons (Fsp3) is 0.778. The Bertz CT molecular complexity index is 539. The van der Waals surface area contributed by atoms with E-state index in [1.165, 1.54) is 25.7 Å². The summed E-state index contributed by atoms with van der Waals surface area (Å²) in [4.78, 5) is 21.2. The number of methoxy groups -OCH3 is 1. The largest absolute Gasteiger partial charge is 0.383 e. The predicted octanol–water partition coefficient (Wildman–Crippen LogP) is 1.75. The third kappa shape index (κ3) is 4.16. The lowest BCUT2D eigenvalue weighted by Gasteiger charge is -2.25. The van der Waals surface area contributed by atoms with Crippen LogP contribution in [0.1, 0.15) is 37.9 Å². The van der Waals surface area contributed by atoms with Gasteiger partial charge in [-0.3, -0.25) is 9.69 Å². The van der Waals surface area contributed by atoms with E-state index in [4.69, 9.17) is 4.74 Å². The number of carbonyl (C=O) groups excluding carboxylic acids is 1. The van der Waals surface area contributed by atoms with Crippen LogP contribution in [0.3, 0.4) is 0 Å². The van der Waals surface area contributed by atoms with Crippen LogP contribution in [0.2, 0.25) is 0 Å². The highest BCUT2D eigenvalue weighted by molar-refractivity contribution is 5.79. The number of hydrogen-bond donors (Lipinski definition) is 0. The molecule has 6 heteroatoms. The number of ether oxygens (including phenoxy) is 1. The van der Waals surface area contributed by atoms with Gasteiger partial charge in [0, 0.05) is 51.6 Å². The zero-order valence-electron chi connectivity index (χ0n) is 15.0. The molecule has 1 atom stereocenters. The topological polar surface area (TPSA) is 50.6 Å². The number of carbonyl (C=O) groups is 1. The van der Waals surface area contributed by atoms with Crippen molar-refractivity contribution < 1.29 is 9.53 Å². The van der Waals surface area contributed by atoms with Gasteiger partial charge in [0.05, 0.1) is 13.2 Å². The molecule has 1 aliphatic heterocycles. The van der Waals surface area contributed by atoms with Gasteiger partial charge in [0.15, 0.2) is 0 Å². The van der Waals surface area contributed by atoms with Gasteiger partial charge >= 0.3 is 0 Å². The molecular weight excluding hydrogens is 304 g/mol. The van der Waals surface area contributed by atoms with Crippen LogP contribution in [-0.4, -0.2) is 65.2 Å². The summed E-state index contributed by atoms with van der Waals surface area (Å²) in [6.07, 6.45) is 9.52. The minimum Gasteiger partial charge on any atom is -0.383 e. The average Bonchev–Trinajstić information content (AvgIpc) is 3.27. The Morgan fingerprint density at radius 2 is 2.17 bits per heavy atom. The van der Waals surface area contributed by atoms with E-state index in [9.17, 15) is 4.79 Å². The molecule has 0 unspecified atom stereocenters. The first-order chi connectivity index (χ1) is 11.7. The molecule has 24 heavy (non-hydrogen) atoms. The van der Waals surface area contributed by atoms with Gasteiger partial charge in [-0.05, 0) is 25.8 Å². The van der Waals surface area contributed by atoms with Crippen LogP contribution in [0.15, 0.2) is 12.4 Å². The molecule has 2 heterocycles. The number of nitrogens with zero attached hydrogens (tertiary/aromatic N) is 4. The Labute approximate surface area is 144 Å². The number of rotatable bonds is 8. The molecule has 0 radical (unpaired) electrons. The second-order valence-corrected chi connectivity index (χ2v) is 7.28. The first-order valence-corrected chi connectivity index (χ1v) is 9.14. The van der Waals surface area contributed by atoms with Crippen molar-refractivity contribution in [2.45, 2.75) is 51.2 Å². The summed E-state index contributed by atoms with van der Waals surface area (Å²) in [5, 5.41) is 0. The third-order valence-electron chi connectivity index (χ3n) is 5.32. The SMILES string of the molecule is COCCn1ccnc1CN(C)C[C@@H]1CC(=O)N(C2CCCC2)C1. The fourth-order valence-corrected chi connectivity index (χ4v) is 4.13. The second kappa shape index (κ2) is 8.12. The molecule has 1 saturated carbocycles. The average molecular weight is 334 g/mol. The monoisotopic (exact) mass is 334 g/mol. The van der Waals surface area contributed by atoms with Gasteiger partial charge < -0.3 is 14.2 Å². The summed E-state index contributed by atoms with van der Waals surface area (Å²) in [5.74, 6) is 1.87. The highest BCUT2D eigenvalue weighted by Crippen LogP contribution is 2.29. The van der Waals surface area contributed by atoms with E-state index in [2.05, 4.69) is 26.4 Å². The zero-order chi connectivity index (χ0) is 16.9. The van der Waals surface area contributed by atoms with Crippen molar-refractivity contribution in [3.8, 4) is 0 Å². The molecule has 1 aromatic heterocycles. The molecule has 3 rings (SSSR count). The first-order valence-electron chi connectivity index (χ1n) is 9.14. The molecule has 0 bridgehead atoms. The van der Waals surface area contributed by atoms with Gasteiger partial charge in [-0.1, -0.05) is 12.8 Å². The summed E-state index contributed by atoms with van der Waals surface area (Å²) < 4.78 is 7.29. The molecule has 0 spiro atoms. The van der Waals surface area contributed by atoms with Gasteiger partial charge in [-0.15, -0.1) is 0 Å². The smallest absolute Gasteiger partial charge is 0.223 e. The van der Waals surface area contributed by atoms with E-state index in [1.807, 2.05) is 12.4 Å². The van der Waals surface area contributed by atoms with Crippen molar-refractivity contribution in [1.29, 1.82) is 0 Å². The number of amides is 1. The van der Waals surface area contributed by atoms with E-state index < -0.39 is 0 Å². The van der Waals surface area contributed by atoms with Gasteiger partial charge in [0.1, 0.15) is 5.82 Å². The molecule has 1 amide bonds. The van der Waals surface area contributed by atoms with E-state index in [-0.39, 0.29) is 0 Å². The molecule has 0 N–H and O–H groups in total. The highest BCUT2D eigenvalue weighted by Gasteiger charge is 2.35. The van der Waals surface area contributed by atoms with Crippen molar-refractivity contribution in [3.05, 3.63) is 18.2 Å². The Morgan fingerprint density at radius 1 is 1.38 bits per heavy atom. The van der Waals surface area contributed by atoms with Crippen molar-refractivity contribution >= 4 is 5.91 Å². The standard InChI is InChI=1S/C18H30N4O2/c1-20(14-17-19-7-8-21(17)9-10-24-2)12-15-11-18(23)22(13-15)16-5-3-4-6-16/h7-8,15-16H,3-6,9-14H2,1-2H3/t15-/m0/s1. The molecule has 1 saturated heterocycles. The summed E-state index contributed by atoms with van der Waals surface area (Å²) >= 11 is 0. The van der Waals surface area contributed by atoms with Crippen LogP contribution in [0.5, 0.6) is 0 Å². The minimum atomic E-state index is 0.363. The van der Waals surface area contributed by atoms with Crippen LogP contribution < -0.4 is 0 Å². The van der Waals surface area contributed by atoms with Crippen molar-refractivity contribution in [2.75, 3.05) is 33.9 Å². The van der Waals surface area contributed by atoms with E-state index in [1.54, 1.807) is 7.11 Å². The van der Waals surface area contributed by atoms with E-state index in [0.717, 1.165) is 32.0 Å². The number of aromatic nitrogens is 2. The van der Waals surface area contributed by atoms with Gasteiger partial charge in [0.25, 0.3) is 0 Å². The highest BCUT2D eigenvalue weighted by atomic mass is 16.5. The number of hydrogen-bond acceptors (Lipinski definition) is 4. The Kier molecular flexibility index (Phi) is 5.89. The summed E-state index contributed by atoms with van der Waals surface area (Å²) in [7, 11) is 3.84. The second-order valence-electron chi connectivity index (χ2n) is 7.28. The molecule has 2 fully saturated rings. The van der Waals surface area contributed by atoms with Crippen LogP contribution >= 0.6 is 0 Å². The lowest BCUT2D eigenvalue weighted by Crippen LogP contribution is -2.35. The van der Waals surface area contributed by atoms with Gasteiger partial charge in [-0.2, -0.15) is 0 Å². The van der Waals surface area contributed by atoms with Crippen molar-refractivity contribution in [3.63, 3.8) is 0 Å². The Balaban J connectivity index is 1.49. The molecule has 0 aromatic carbocycles. The Hall–Kier alpha value is -1.40. The lowest BCUT2D eigenvalue weighted by molar-refractivity contribution is -0.129. The maximum Gasteiger partial charge on any atom is 0.223 e.